The summed E-state index contributed by atoms with van der Waals surface area (Å²) in [5.41, 5.74) is 7.47. The quantitative estimate of drug-likeness (QED) is 0.891. The standard InChI is InChI=1S/C14H20ClNO/c1-3-10-6-7-14(16,9-10)11-4-5-12(15)13(8-11)17-2/h4-5,8,10H,3,6-7,9,16H2,1-2H3. The van der Waals surface area contributed by atoms with Crippen LogP contribution in [0.4, 0.5) is 0 Å². The van der Waals surface area contributed by atoms with E-state index in [0.717, 1.165) is 24.3 Å². The first-order chi connectivity index (χ1) is 8.09. The molecule has 0 aliphatic heterocycles. The molecule has 0 saturated heterocycles. The van der Waals surface area contributed by atoms with Gasteiger partial charge in [0.2, 0.25) is 0 Å². The zero-order valence-electron chi connectivity index (χ0n) is 10.5. The molecule has 0 spiro atoms. The van der Waals surface area contributed by atoms with Crippen LogP contribution >= 0.6 is 11.6 Å². The van der Waals surface area contributed by atoms with Gasteiger partial charge in [0, 0.05) is 5.54 Å². The Morgan fingerprint density at radius 1 is 1.53 bits per heavy atom. The van der Waals surface area contributed by atoms with Crippen LogP contribution < -0.4 is 10.5 Å². The van der Waals surface area contributed by atoms with Crippen LogP contribution in [-0.4, -0.2) is 7.11 Å². The Bertz CT molecular complexity index is 407. The number of nitrogens with two attached hydrogens (primary N) is 1. The molecule has 2 N–H and O–H groups in total. The van der Waals surface area contributed by atoms with Gasteiger partial charge in [0.15, 0.2) is 0 Å². The van der Waals surface area contributed by atoms with Crippen LogP contribution in [0.2, 0.25) is 5.02 Å². The summed E-state index contributed by atoms with van der Waals surface area (Å²) in [6.45, 7) is 2.23. The number of rotatable bonds is 3. The fourth-order valence-electron chi connectivity index (χ4n) is 2.76. The highest BCUT2D eigenvalue weighted by molar-refractivity contribution is 6.32. The highest BCUT2D eigenvalue weighted by Gasteiger charge is 2.36. The maximum absolute atomic E-state index is 6.52. The lowest BCUT2D eigenvalue weighted by Gasteiger charge is -2.25. The molecule has 1 aliphatic carbocycles. The first kappa shape index (κ1) is 12.7. The maximum atomic E-state index is 6.52. The van der Waals surface area contributed by atoms with Gasteiger partial charge in [-0.15, -0.1) is 0 Å². The van der Waals surface area contributed by atoms with Gasteiger partial charge in [-0.25, -0.2) is 0 Å². The summed E-state index contributed by atoms with van der Waals surface area (Å²) in [6.07, 6.45) is 4.55. The summed E-state index contributed by atoms with van der Waals surface area (Å²) in [7, 11) is 1.64. The van der Waals surface area contributed by atoms with Gasteiger partial charge in [0.1, 0.15) is 5.75 Å². The number of methoxy groups -OCH3 is 1. The normalized spacial score (nSPS) is 28.4. The zero-order chi connectivity index (χ0) is 12.5. The Kier molecular flexibility index (Phi) is 3.64. The molecular formula is C14H20ClNO. The lowest BCUT2D eigenvalue weighted by atomic mass is 9.88. The zero-order valence-corrected chi connectivity index (χ0v) is 11.3. The van der Waals surface area contributed by atoms with Crippen molar-refractivity contribution < 1.29 is 4.74 Å². The van der Waals surface area contributed by atoms with Gasteiger partial charge in [0.05, 0.1) is 12.1 Å². The second-order valence-corrected chi connectivity index (χ2v) is 5.43. The molecule has 0 bridgehead atoms. The van der Waals surface area contributed by atoms with E-state index in [1.807, 2.05) is 18.2 Å². The van der Waals surface area contributed by atoms with Crippen molar-refractivity contribution in [1.82, 2.24) is 0 Å². The van der Waals surface area contributed by atoms with E-state index in [9.17, 15) is 0 Å². The van der Waals surface area contributed by atoms with E-state index in [1.165, 1.54) is 12.8 Å². The number of benzene rings is 1. The van der Waals surface area contributed by atoms with Gasteiger partial charge in [0.25, 0.3) is 0 Å². The maximum Gasteiger partial charge on any atom is 0.137 e. The molecule has 2 atom stereocenters. The van der Waals surface area contributed by atoms with Crippen molar-refractivity contribution in [3.05, 3.63) is 28.8 Å². The molecule has 1 fully saturated rings. The molecule has 1 aromatic carbocycles. The highest BCUT2D eigenvalue weighted by Crippen LogP contribution is 2.42. The summed E-state index contributed by atoms with van der Waals surface area (Å²) in [5.74, 6) is 1.47. The Morgan fingerprint density at radius 3 is 2.88 bits per heavy atom. The molecule has 17 heavy (non-hydrogen) atoms. The lowest BCUT2D eigenvalue weighted by Crippen LogP contribution is -2.33. The van der Waals surface area contributed by atoms with Crippen LogP contribution in [-0.2, 0) is 5.54 Å². The van der Waals surface area contributed by atoms with E-state index >= 15 is 0 Å². The molecule has 0 heterocycles. The second kappa shape index (κ2) is 4.87. The van der Waals surface area contributed by atoms with Crippen molar-refractivity contribution >= 4 is 11.6 Å². The first-order valence-electron chi connectivity index (χ1n) is 6.22. The van der Waals surface area contributed by atoms with Gasteiger partial charge in [-0.2, -0.15) is 0 Å². The third-order valence-electron chi connectivity index (χ3n) is 3.96. The average Bonchev–Trinajstić information content (AvgIpc) is 2.73. The SMILES string of the molecule is CCC1CCC(N)(c2ccc(Cl)c(OC)c2)C1. The predicted octanol–water partition coefficient (Wildman–Crippen LogP) is 3.71. The average molecular weight is 254 g/mol. The number of halogens is 1. The molecule has 0 amide bonds. The number of hydrogen-bond donors (Lipinski definition) is 1. The molecule has 0 aromatic heterocycles. The molecule has 2 unspecified atom stereocenters. The van der Waals surface area contributed by atoms with Crippen molar-refractivity contribution in [2.75, 3.05) is 7.11 Å². The molecule has 2 nitrogen and oxygen atoms in total. The third-order valence-corrected chi connectivity index (χ3v) is 4.27. The Balaban J connectivity index is 2.28. The molecule has 0 radical (unpaired) electrons. The second-order valence-electron chi connectivity index (χ2n) is 5.02. The predicted molar refractivity (Wildman–Crippen MR) is 71.5 cm³/mol. The Hall–Kier alpha value is -0.730. The largest absolute Gasteiger partial charge is 0.495 e. The summed E-state index contributed by atoms with van der Waals surface area (Å²) in [5, 5.41) is 0.643. The number of hydrogen-bond acceptors (Lipinski definition) is 2. The summed E-state index contributed by atoms with van der Waals surface area (Å²) in [6, 6.07) is 5.90. The van der Waals surface area contributed by atoms with Gasteiger partial charge in [-0.1, -0.05) is 31.0 Å². The van der Waals surface area contributed by atoms with Gasteiger partial charge in [-0.05, 0) is 42.9 Å². The van der Waals surface area contributed by atoms with Gasteiger partial charge in [-0.3, -0.25) is 0 Å². The topological polar surface area (TPSA) is 35.2 Å². The minimum atomic E-state index is -0.196. The van der Waals surface area contributed by atoms with Crippen LogP contribution in [0.1, 0.15) is 38.2 Å². The van der Waals surface area contributed by atoms with Crippen molar-refractivity contribution in [2.45, 2.75) is 38.1 Å². The highest BCUT2D eigenvalue weighted by atomic mass is 35.5. The molecule has 1 saturated carbocycles. The van der Waals surface area contributed by atoms with Crippen LogP contribution in [0.15, 0.2) is 18.2 Å². The molecule has 2 rings (SSSR count). The smallest absolute Gasteiger partial charge is 0.137 e. The third kappa shape index (κ3) is 2.43. The fourth-order valence-corrected chi connectivity index (χ4v) is 2.96. The van der Waals surface area contributed by atoms with E-state index < -0.39 is 0 Å². The van der Waals surface area contributed by atoms with Crippen molar-refractivity contribution in [3.63, 3.8) is 0 Å². The fraction of sp³-hybridized carbons (Fsp3) is 0.571. The van der Waals surface area contributed by atoms with E-state index in [2.05, 4.69) is 6.92 Å². The van der Waals surface area contributed by atoms with E-state index in [0.29, 0.717) is 10.8 Å². The summed E-state index contributed by atoms with van der Waals surface area (Å²) < 4.78 is 5.26. The first-order valence-corrected chi connectivity index (χ1v) is 6.59. The van der Waals surface area contributed by atoms with E-state index in [1.54, 1.807) is 7.11 Å². The Morgan fingerprint density at radius 2 is 2.29 bits per heavy atom. The van der Waals surface area contributed by atoms with Crippen LogP contribution in [0, 0.1) is 5.92 Å². The minimum Gasteiger partial charge on any atom is -0.495 e. The van der Waals surface area contributed by atoms with Crippen molar-refractivity contribution in [2.24, 2.45) is 11.7 Å². The van der Waals surface area contributed by atoms with E-state index in [4.69, 9.17) is 22.1 Å². The minimum absolute atomic E-state index is 0.196. The summed E-state index contributed by atoms with van der Waals surface area (Å²) >= 11 is 6.04. The van der Waals surface area contributed by atoms with Crippen LogP contribution in [0.25, 0.3) is 0 Å². The molecular weight excluding hydrogens is 234 g/mol. The summed E-state index contributed by atoms with van der Waals surface area (Å²) in [4.78, 5) is 0. The van der Waals surface area contributed by atoms with Gasteiger partial charge >= 0.3 is 0 Å². The molecule has 3 heteroatoms. The van der Waals surface area contributed by atoms with Crippen LogP contribution in [0.3, 0.4) is 0 Å². The van der Waals surface area contributed by atoms with Gasteiger partial charge < -0.3 is 10.5 Å². The lowest BCUT2D eigenvalue weighted by molar-refractivity contribution is 0.402. The van der Waals surface area contributed by atoms with E-state index in [-0.39, 0.29) is 5.54 Å². The van der Waals surface area contributed by atoms with Crippen LogP contribution in [0.5, 0.6) is 5.75 Å². The molecule has 94 valence electrons. The van der Waals surface area contributed by atoms with Crippen molar-refractivity contribution in [1.29, 1.82) is 0 Å². The monoisotopic (exact) mass is 253 g/mol. The number of ether oxygens (including phenoxy) is 1. The molecule has 1 aliphatic rings. The van der Waals surface area contributed by atoms with Crippen molar-refractivity contribution in [3.8, 4) is 5.75 Å². The molecule has 1 aromatic rings. The Labute approximate surface area is 108 Å².